The third-order valence-electron chi connectivity index (χ3n) is 0.339. The summed E-state index contributed by atoms with van der Waals surface area (Å²) in [6.45, 7) is 0. The van der Waals surface area contributed by atoms with E-state index >= 15 is 0 Å². The van der Waals surface area contributed by atoms with Gasteiger partial charge in [0.25, 0.3) is 8.64 Å². The van der Waals surface area contributed by atoms with Crippen LogP contribution in [0.2, 0.25) is 0 Å². The fourth-order valence-corrected chi connectivity index (χ4v) is 0.305. The summed E-state index contributed by atoms with van der Waals surface area (Å²) in [5, 5.41) is 19.8. The summed E-state index contributed by atoms with van der Waals surface area (Å²) >= 11 is 14.5. The number of rotatable bonds is 0. The Hall–Kier alpha value is -0.0465. The van der Waals surface area contributed by atoms with Crippen LogP contribution in [0.1, 0.15) is 0 Å². The monoisotopic (exact) mass is 296 g/mol. The van der Waals surface area contributed by atoms with Gasteiger partial charge >= 0.3 is 16.5 Å². The van der Waals surface area contributed by atoms with Gasteiger partial charge in [0.05, 0.1) is 0 Å². The van der Waals surface area contributed by atoms with Gasteiger partial charge in [0.15, 0.2) is 12.4 Å². The first-order valence-electron chi connectivity index (χ1n) is 2.36. The van der Waals surface area contributed by atoms with E-state index in [4.69, 9.17) is 10.5 Å². The van der Waals surface area contributed by atoms with E-state index in [1.807, 2.05) is 0 Å². The molecule has 0 fully saturated rings. The minimum atomic E-state index is 0. The molecule has 0 aromatic rings. The van der Waals surface area contributed by atoms with Crippen LogP contribution in [0.5, 0.6) is 0 Å². The largest absolute Gasteiger partial charge is 2.00 e. The summed E-state index contributed by atoms with van der Waals surface area (Å²) < 4.78 is 0.634. The van der Waals surface area contributed by atoms with E-state index < -0.39 is 0 Å². The Kier molecular flexibility index (Phi) is 20.8. The fourth-order valence-electron chi connectivity index (χ4n) is 0.102. The Bertz CT molecular complexity index is 216. The zero-order valence-electron chi connectivity index (χ0n) is 6.03. The molecule has 72 valence electrons. The van der Waals surface area contributed by atoms with E-state index in [0.717, 1.165) is 0 Å². The zero-order chi connectivity index (χ0) is 9.98. The number of nitriles is 2. The molecule has 0 spiro atoms. The SMILES string of the molecule is N#CNC(=S)[SH2+].N#CNC(=S)[SH2+].[Ni+2]. The number of nitrogens with one attached hydrogen (secondary N) is 2. The molecule has 13 heavy (non-hydrogen) atoms. The van der Waals surface area contributed by atoms with Crippen molar-refractivity contribution in [2.24, 2.45) is 0 Å². The molecule has 0 aliphatic carbocycles. The maximum absolute atomic E-state index is 7.76. The van der Waals surface area contributed by atoms with Crippen LogP contribution in [0.3, 0.4) is 0 Å². The second-order valence-electron chi connectivity index (χ2n) is 1.13. The van der Waals surface area contributed by atoms with Crippen molar-refractivity contribution in [3.05, 3.63) is 0 Å². The maximum Gasteiger partial charge on any atom is 2.00 e. The van der Waals surface area contributed by atoms with Crippen LogP contribution in [0.15, 0.2) is 0 Å². The van der Waals surface area contributed by atoms with E-state index in [2.05, 4.69) is 60.3 Å². The van der Waals surface area contributed by atoms with E-state index in [1.54, 1.807) is 12.4 Å². The fraction of sp³-hybridized carbons (Fsp3) is 0. The summed E-state index contributed by atoms with van der Waals surface area (Å²) in [5.41, 5.74) is 0. The first-order valence-corrected chi connectivity index (χ1v) is 4.17. The Labute approximate surface area is 108 Å². The minimum Gasteiger partial charge on any atom is -0.243 e. The molecule has 0 atom stereocenters. The molecule has 9 heteroatoms. The molecule has 0 saturated carbocycles. The third kappa shape index (κ3) is 33.4. The predicted molar refractivity (Wildman–Crippen MR) is 63.0 cm³/mol. The van der Waals surface area contributed by atoms with Crippen molar-refractivity contribution >= 4 is 58.3 Å². The Morgan fingerprint density at radius 3 is 1.23 bits per heavy atom. The van der Waals surface area contributed by atoms with Gasteiger partial charge in [0.2, 0.25) is 0 Å². The molecule has 4 nitrogen and oxygen atoms in total. The van der Waals surface area contributed by atoms with Gasteiger partial charge < -0.3 is 0 Å². The average molecular weight is 297 g/mol. The summed E-state index contributed by atoms with van der Waals surface area (Å²) in [6.07, 6.45) is 3.25. The molecular weight excluding hydrogens is 291 g/mol. The van der Waals surface area contributed by atoms with Gasteiger partial charge in [-0.15, -0.1) is 0 Å². The maximum atomic E-state index is 7.76. The first-order chi connectivity index (χ1) is 5.54. The van der Waals surface area contributed by atoms with E-state index in [1.165, 1.54) is 0 Å². The van der Waals surface area contributed by atoms with Gasteiger partial charge in [-0.3, -0.25) is 0 Å². The number of thiocarbonyl (C=S) groups is 2. The first kappa shape index (κ1) is 18.7. The molecule has 0 aromatic carbocycles. The van der Waals surface area contributed by atoms with Crippen molar-refractivity contribution in [1.82, 2.24) is 10.6 Å². The van der Waals surface area contributed by atoms with Crippen molar-refractivity contribution in [3.8, 4) is 12.4 Å². The molecule has 0 aliphatic rings. The normalized spacial score (nSPS) is 5.54. The zero-order valence-corrected chi connectivity index (χ0v) is 10.6. The van der Waals surface area contributed by atoms with Crippen molar-refractivity contribution in [2.45, 2.75) is 0 Å². The molecule has 0 amide bonds. The molecule has 0 radical (unpaired) electrons. The van der Waals surface area contributed by atoms with Gasteiger partial charge in [0.1, 0.15) is 0 Å². The molecule has 0 aliphatic heterocycles. The number of nitrogens with zero attached hydrogens (tertiary/aromatic N) is 2. The summed E-state index contributed by atoms with van der Waals surface area (Å²) in [5.74, 6) is 0. The molecule has 2 N–H and O–H groups in total. The quantitative estimate of drug-likeness (QED) is 0.190. The van der Waals surface area contributed by atoms with Crippen molar-refractivity contribution in [1.29, 1.82) is 10.5 Å². The Balaban J connectivity index is -0.000000143. The topological polar surface area (TPSA) is 71.6 Å². The molecule has 0 saturated heterocycles. The van der Waals surface area contributed by atoms with Crippen LogP contribution in [-0.2, 0) is 41.7 Å². The smallest absolute Gasteiger partial charge is 0.243 e. The van der Waals surface area contributed by atoms with Crippen molar-refractivity contribution < 1.29 is 16.5 Å². The van der Waals surface area contributed by atoms with Gasteiger partial charge in [-0.05, 0) is 24.4 Å². The molecule has 0 bridgehead atoms. The van der Waals surface area contributed by atoms with Crippen molar-refractivity contribution in [3.63, 3.8) is 0 Å². The van der Waals surface area contributed by atoms with Crippen LogP contribution in [0, 0.1) is 22.9 Å². The van der Waals surface area contributed by atoms with E-state index in [9.17, 15) is 0 Å². The molecule has 0 rings (SSSR count). The van der Waals surface area contributed by atoms with Crippen LogP contribution in [0.25, 0.3) is 0 Å². The van der Waals surface area contributed by atoms with E-state index in [-0.39, 0.29) is 16.5 Å². The summed E-state index contributed by atoms with van der Waals surface area (Å²) in [4.78, 5) is 0. The summed E-state index contributed by atoms with van der Waals surface area (Å²) in [6, 6.07) is 0. The molecular formula is C4H6N4NiS4+4. The van der Waals surface area contributed by atoms with Crippen LogP contribution < -0.4 is 10.6 Å². The third-order valence-corrected chi connectivity index (χ3v) is 0.793. The minimum absolute atomic E-state index is 0. The van der Waals surface area contributed by atoms with Crippen LogP contribution in [-0.4, -0.2) is 8.64 Å². The van der Waals surface area contributed by atoms with Gasteiger partial charge in [0, 0.05) is 25.3 Å². The van der Waals surface area contributed by atoms with Gasteiger partial charge in [-0.1, -0.05) is 0 Å². The number of hydrogen-bond acceptors (Lipinski definition) is 4. The predicted octanol–water partition coefficient (Wildman–Crippen LogP) is -1.30. The van der Waals surface area contributed by atoms with Crippen LogP contribution in [0.4, 0.5) is 0 Å². The second kappa shape index (κ2) is 14.5. The summed E-state index contributed by atoms with van der Waals surface area (Å²) in [7, 11) is 0. The van der Waals surface area contributed by atoms with E-state index in [0.29, 0.717) is 8.64 Å². The standard InChI is InChI=1S/2C2H2N2S2.Ni/c2*3-1-4-2(5)6;/h2*(H2,4,5,6);/q;;+2/p+2. The van der Waals surface area contributed by atoms with Gasteiger partial charge in [-0.2, -0.15) is 10.5 Å². The molecule has 0 heterocycles. The van der Waals surface area contributed by atoms with Gasteiger partial charge in [-0.25, -0.2) is 10.6 Å². The Morgan fingerprint density at radius 1 is 1.00 bits per heavy atom. The van der Waals surface area contributed by atoms with Crippen LogP contribution >= 0.6 is 24.4 Å². The Morgan fingerprint density at radius 2 is 1.23 bits per heavy atom. The average Bonchev–Trinajstić information content (AvgIpc) is 1.87. The second-order valence-corrected chi connectivity index (χ2v) is 3.67. The number of hydrogen-bond donors (Lipinski definition) is 2. The molecule has 0 unspecified atom stereocenters. The molecule has 0 aromatic heterocycles. The van der Waals surface area contributed by atoms with Crippen molar-refractivity contribution in [2.75, 3.05) is 0 Å².